The van der Waals surface area contributed by atoms with Gasteiger partial charge in [-0.15, -0.1) is 0 Å². The van der Waals surface area contributed by atoms with Gasteiger partial charge in [0.1, 0.15) is 0 Å². The van der Waals surface area contributed by atoms with Crippen LogP contribution in [0.4, 0.5) is 0 Å². The first-order valence-electron chi connectivity index (χ1n) is 4.59. The lowest BCUT2D eigenvalue weighted by atomic mass is 10.1. The third kappa shape index (κ3) is 7.98. The van der Waals surface area contributed by atoms with E-state index in [1.54, 1.807) is 0 Å². The van der Waals surface area contributed by atoms with Gasteiger partial charge in [0.25, 0.3) is 0 Å². The Balaban J connectivity index is 3.37. The molecule has 0 aliphatic rings. The molecule has 0 bridgehead atoms. The predicted molar refractivity (Wildman–Crippen MR) is 52.3 cm³/mol. The first-order chi connectivity index (χ1) is 5.45. The molecular formula is C9H22N2O. The maximum Gasteiger partial charge on any atom is 0.0788 e. The second kappa shape index (κ2) is 5.51. The molecule has 0 saturated carbocycles. The van der Waals surface area contributed by atoms with Crippen LogP contribution >= 0.6 is 0 Å². The molecule has 3 N–H and O–H groups in total. The predicted octanol–water partition coefficient (Wildman–Crippen LogP) is 0.345. The Labute approximate surface area is 75.6 Å². The molecule has 0 aromatic heterocycles. The van der Waals surface area contributed by atoms with Gasteiger partial charge in [-0.1, -0.05) is 6.92 Å². The average Bonchev–Trinajstić information content (AvgIpc) is 1.95. The van der Waals surface area contributed by atoms with Crippen LogP contribution in [0.1, 0.15) is 27.7 Å². The Morgan fingerprint density at radius 3 is 2.25 bits per heavy atom. The molecule has 0 aliphatic heterocycles. The van der Waals surface area contributed by atoms with Crippen LogP contribution in [0, 0.1) is 0 Å². The van der Waals surface area contributed by atoms with Crippen molar-refractivity contribution in [2.45, 2.75) is 39.3 Å². The normalized spacial score (nSPS) is 14.8. The van der Waals surface area contributed by atoms with Crippen LogP contribution in [0.3, 0.4) is 0 Å². The van der Waals surface area contributed by atoms with Crippen LogP contribution in [0.15, 0.2) is 0 Å². The minimum absolute atomic E-state index is 0.0905. The van der Waals surface area contributed by atoms with Crippen molar-refractivity contribution in [2.24, 2.45) is 0 Å². The van der Waals surface area contributed by atoms with E-state index in [0.717, 1.165) is 6.54 Å². The van der Waals surface area contributed by atoms with E-state index in [0.29, 0.717) is 13.1 Å². The lowest BCUT2D eigenvalue weighted by Crippen LogP contribution is -2.43. The third-order valence-corrected chi connectivity index (χ3v) is 1.50. The van der Waals surface area contributed by atoms with E-state index in [2.05, 4.69) is 31.4 Å². The molecule has 0 aromatic carbocycles. The van der Waals surface area contributed by atoms with Crippen molar-refractivity contribution < 1.29 is 5.11 Å². The van der Waals surface area contributed by atoms with Crippen LogP contribution in [-0.2, 0) is 0 Å². The highest BCUT2D eigenvalue weighted by atomic mass is 16.3. The van der Waals surface area contributed by atoms with Crippen LogP contribution in [-0.4, -0.2) is 36.4 Å². The Hall–Kier alpha value is -0.120. The van der Waals surface area contributed by atoms with E-state index in [-0.39, 0.29) is 11.6 Å². The molecule has 0 aromatic rings. The number of β-amino-alcohol motifs (C(OH)–C–C–N with tert-alkyl or cyclic N) is 1. The van der Waals surface area contributed by atoms with Crippen LogP contribution in [0.25, 0.3) is 0 Å². The van der Waals surface area contributed by atoms with Gasteiger partial charge in [0.05, 0.1) is 6.10 Å². The zero-order chi connectivity index (χ0) is 9.61. The first kappa shape index (κ1) is 11.9. The Kier molecular flexibility index (Phi) is 5.46. The monoisotopic (exact) mass is 174 g/mol. The fourth-order valence-corrected chi connectivity index (χ4v) is 0.807. The van der Waals surface area contributed by atoms with Crippen LogP contribution < -0.4 is 10.6 Å². The summed E-state index contributed by atoms with van der Waals surface area (Å²) in [5, 5.41) is 15.8. The zero-order valence-electron chi connectivity index (χ0n) is 8.65. The Bertz CT molecular complexity index is 110. The molecule has 0 spiro atoms. The number of rotatable bonds is 5. The molecule has 0 aliphatic carbocycles. The van der Waals surface area contributed by atoms with Crippen LogP contribution in [0.2, 0.25) is 0 Å². The highest BCUT2D eigenvalue weighted by Gasteiger charge is 2.11. The largest absolute Gasteiger partial charge is 0.390 e. The van der Waals surface area contributed by atoms with Crippen molar-refractivity contribution in [1.29, 1.82) is 0 Å². The second-order valence-electron chi connectivity index (χ2n) is 4.09. The van der Waals surface area contributed by atoms with Gasteiger partial charge in [-0.3, -0.25) is 0 Å². The molecule has 0 fully saturated rings. The minimum atomic E-state index is -0.288. The highest BCUT2D eigenvalue weighted by molar-refractivity contribution is 4.73. The van der Waals surface area contributed by atoms with Gasteiger partial charge in [0.15, 0.2) is 0 Å². The van der Waals surface area contributed by atoms with E-state index >= 15 is 0 Å². The number of hydrogen-bond acceptors (Lipinski definition) is 3. The van der Waals surface area contributed by atoms with E-state index in [4.69, 9.17) is 0 Å². The van der Waals surface area contributed by atoms with E-state index in [1.807, 2.05) is 6.92 Å². The van der Waals surface area contributed by atoms with Gasteiger partial charge in [0.2, 0.25) is 0 Å². The molecule has 0 radical (unpaired) electrons. The zero-order valence-corrected chi connectivity index (χ0v) is 8.65. The topological polar surface area (TPSA) is 44.3 Å². The fourth-order valence-electron chi connectivity index (χ4n) is 0.807. The molecular weight excluding hydrogens is 152 g/mol. The summed E-state index contributed by atoms with van der Waals surface area (Å²) in [5.41, 5.74) is 0.0905. The molecule has 0 saturated heterocycles. The SMILES string of the molecule is CCNC[C@H](O)CNC(C)(C)C. The smallest absolute Gasteiger partial charge is 0.0788 e. The first-order valence-corrected chi connectivity index (χ1v) is 4.59. The summed E-state index contributed by atoms with van der Waals surface area (Å²) in [5.74, 6) is 0. The average molecular weight is 174 g/mol. The van der Waals surface area contributed by atoms with Crippen LogP contribution in [0.5, 0.6) is 0 Å². The van der Waals surface area contributed by atoms with Crippen molar-refractivity contribution >= 4 is 0 Å². The fraction of sp³-hybridized carbons (Fsp3) is 1.00. The lowest BCUT2D eigenvalue weighted by Gasteiger charge is -2.22. The van der Waals surface area contributed by atoms with Gasteiger partial charge in [-0.2, -0.15) is 0 Å². The molecule has 0 unspecified atom stereocenters. The molecule has 1 atom stereocenters. The molecule has 3 heteroatoms. The summed E-state index contributed by atoms with van der Waals surface area (Å²) in [4.78, 5) is 0. The number of hydrogen-bond donors (Lipinski definition) is 3. The number of likely N-dealkylation sites (N-methyl/N-ethyl adjacent to an activating group) is 1. The molecule has 74 valence electrons. The van der Waals surface area contributed by atoms with Gasteiger partial charge >= 0.3 is 0 Å². The van der Waals surface area contributed by atoms with Crippen molar-refractivity contribution in [3.05, 3.63) is 0 Å². The second-order valence-corrected chi connectivity index (χ2v) is 4.09. The maximum atomic E-state index is 9.42. The maximum absolute atomic E-state index is 9.42. The number of aliphatic hydroxyl groups excluding tert-OH is 1. The van der Waals surface area contributed by atoms with Crippen molar-refractivity contribution in [2.75, 3.05) is 19.6 Å². The molecule has 0 heterocycles. The van der Waals surface area contributed by atoms with E-state index in [9.17, 15) is 5.11 Å². The third-order valence-electron chi connectivity index (χ3n) is 1.50. The van der Waals surface area contributed by atoms with Crippen molar-refractivity contribution in [3.63, 3.8) is 0 Å². The summed E-state index contributed by atoms with van der Waals surface area (Å²) in [7, 11) is 0. The number of aliphatic hydroxyl groups is 1. The summed E-state index contributed by atoms with van der Waals surface area (Å²) in [6.45, 7) is 10.5. The molecule has 0 rings (SSSR count). The van der Waals surface area contributed by atoms with Crippen molar-refractivity contribution in [3.8, 4) is 0 Å². The number of nitrogens with one attached hydrogen (secondary N) is 2. The standard InChI is InChI=1S/C9H22N2O/c1-5-10-6-8(12)7-11-9(2,3)4/h8,10-12H,5-7H2,1-4H3/t8-/m0/s1. The van der Waals surface area contributed by atoms with Gasteiger partial charge < -0.3 is 15.7 Å². The van der Waals surface area contributed by atoms with E-state index < -0.39 is 0 Å². The van der Waals surface area contributed by atoms with E-state index in [1.165, 1.54) is 0 Å². The molecule has 3 nitrogen and oxygen atoms in total. The van der Waals surface area contributed by atoms with Crippen molar-refractivity contribution in [1.82, 2.24) is 10.6 Å². The van der Waals surface area contributed by atoms with Gasteiger partial charge in [0, 0.05) is 18.6 Å². The van der Waals surface area contributed by atoms with Gasteiger partial charge in [-0.05, 0) is 27.3 Å². The van der Waals surface area contributed by atoms with Gasteiger partial charge in [-0.25, -0.2) is 0 Å². The highest BCUT2D eigenvalue weighted by Crippen LogP contribution is 1.97. The summed E-state index contributed by atoms with van der Waals surface area (Å²) in [6.07, 6.45) is -0.288. The molecule has 12 heavy (non-hydrogen) atoms. The quantitative estimate of drug-likeness (QED) is 0.563. The minimum Gasteiger partial charge on any atom is -0.390 e. The lowest BCUT2D eigenvalue weighted by molar-refractivity contribution is 0.159. The summed E-state index contributed by atoms with van der Waals surface area (Å²) < 4.78 is 0. The molecule has 0 amide bonds. The summed E-state index contributed by atoms with van der Waals surface area (Å²) >= 11 is 0. The Morgan fingerprint density at radius 1 is 1.25 bits per heavy atom. The summed E-state index contributed by atoms with van der Waals surface area (Å²) in [6, 6.07) is 0. The Morgan fingerprint density at radius 2 is 1.83 bits per heavy atom.